The first-order valence-corrected chi connectivity index (χ1v) is 8.36. The number of hydrogen-bond donors (Lipinski definition) is 2. The highest BCUT2D eigenvalue weighted by Crippen LogP contribution is 2.31. The maximum Gasteiger partial charge on any atom is 0.306 e. The van der Waals surface area contributed by atoms with Gasteiger partial charge in [-0.15, -0.1) is 0 Å². The lowest BCUT2D eigenvalue weighted by Gasteiger charge is -2.18. The first-order chi connectivity index (χ1) is 11.1. The Balaban J connectivity index is 1.60. The second-order valence-corrected chi connectivity index (χ2v) is 6.65. The molecule has 2 aliphatic carbocycles. The van der Waals surface area contributed by atoms with E-state index in [2.05, 4.69) is 5.32 Å². The minimum Gasteiger partial charge on any atom is -0.481 e. The molecule has 1 fully saturated rings. The first-order valence-electron chi connectivity index (χ1n) is 8.36. The van der Waals surface area contributed by atoms with Crippen molar-refractivity contribution in [3.05, 3.63) is 34.6 Å². The predicted octanol–water partition coefficient (Wildman–Crippen LogP) is 2.82. The molecule has 124 valence electrons. The van der Waals surface area contributed by atoms with Crippen molar-refractivity contribution in [2.24, 2.45) is 11.8 Å². The molecular formula is C18H22FNO3. The number of fused-ring (bicyclic) bond motifs is 1. The SMILES string of the molecule is O=C(O)[C@@H]1CC[C@H](C(=O)NCc2ccc3c(c2F)CCCC3)C1. The summed E-state index contributed by atoms with van der Waals surface area (Å²) in [7, 11) is 0. The summed E-state index contributed by atoms with van der Waals surface area (Å²) < 4.78 is 14.5. The summed E-state index contributed by atoms with van der Waals surface area (Å²) >= 11 is 0. The Morgan fingerprint density at radius 3 is 2.65 bits per heavy atom. The number of amides is 1. The van der Waals surface area contributed by atoms with E-state index in [1.807, 2.05) is 6.07 Å². The maximum atomic E-state index is 14.5. The molecule has 0 aromatic heterocycles. The molecule has 23 heavy (non-hydrogen) atoms. The Morgan fingerprint density at radius 2 is 1.91 bits per heavy atom. The summed E-state index contributed by atoms with van der Waals surface area (Å²) in [5.74, 6) is -1.87. The van der Waals surface area contributed by atoms with Crippen molar-refractivity contribution in [1.29, 1.82) is 0 Å². The van der Waals surface area contributed by atoms with E-state index in [0.717, 1.165) is 36.8 Å². The maximum absolute atomic E-state index is 14.5. The molecule has 2 aliphatic rings. The van der Waals surface area contributed by atoms with Crippen LogP contribution < -0.4 is 5.32 Å². The molecule has 1 saturated carbocycles. The average Bonchev–Trinajstić information content (AvgIpc) is 3.04. The van der Waals surface area contributed by atoms with Crippen molar-refractivity contribution in [1.82, 2.24) is 5.32 Å². The summed E-state index contributed by atoms with van der Waals surface area (Å²) in [5.41, 5.74) is 2.41. The van der Waals surface area contributed by atoms with E-state index in [1.165, 1.54) is 0 Å². The van der Waals surface area contributed by atoms with Crippen molar-refractivity contribution in [2.75, 3.05) is 0 Å². The van der Waals surface area contributed by atoms with E-state index >= 15 is 0 Å². The van der Waals surface area contributed by atoms with Gasteiger partial charge in [0, 0.05) is 18.0 Å². The zero-order valence-corrected chi connectivity index (χ0v) is 13.1. The highest BCUT2D eigenvalue weighted by Gasteiger charge is 2.33. The van der Waals surface area contributed by atoms with Crippen LogP contribution in [0.2, 0.25) is 0 Å². The number of hydrogen-bond acceptors (Lipinski definition) is 2. The quantitative estimate of drug-likeness (QED) is 0.897. The number of benzene rings is 1. The summed E-state index contributed by atoms with van der Waals surface area (Å²) in [5, 5.41) is 11.8. The van der Waals surface area contributed by atoms with Crippen LogP contribution >= 0.6 is 0 Å². The summed E-state index contributed by atoms with van der Waals surface area (Å²) in [6, 6.07) is 3.73. The molecule has 0 radical (unpaired) electrons. The van der Waals surface area contributed by atoms with Gasteiger partial charge in [0.25, 0.3) is 0 Å². The molecule has 0 unspecified atom stereocenters. The second-order valence-electron chi connectivity index (χ2n) is 6.65. The monoisotopic (exact) mass is 319 g/mol. The number of aliphatic carboxylic acids is 1. The zero-order valence-electron chi connectivity index (χ0n) is 13.1. The Hall–Kier alpha value is -1.91. The number of carbonyl (C=O) groups excluding carboxylic acids is 1. The summed E-state index contributed by atoms with van der Waals surface area (Å²) in [6.07, 6.45) is 5.33. The van der Waals surface area contributed by atoms with Crippen molar-refractivity contribution in [2.45, 2.75) is 51.5 Å². The summed E-state index contributed by atoms with van der Waals surface area (Å²) in [4.78, 5) is 23.1. The van der Waals surface area contributed by atoms with Crippen LogP contribution in [0, 0.1) is 17.7 Å². The zero-order chi connectivity index (χ0) is 16.4. The van der Waals surface area contributed by atoms with E-state index in [0.29, 0.717) is 24.8 Å². The van der Waals surface area contributed by atoms with Gasteiger partial charge in [0.2, 0.25) is 5.91 Å². The topological polar surface area (TPSA) is 66.4 Å². The van der Waals surface area contributed by atoms with Gasteiger partial charge in [-0.3, -0.25) is 9.59 Å². The lowest BCUT2D eigenvalue weighted by molar-refractivity contribution is -0.141. The fraction of sp³-hybridized carbons (Fsp3) is 0.556. The van der Waals surface area contributed by atoms with Gasteiger partial charge >= 0.3 is 5.97 Å². The highest BCUT2D eigenvalue weighted by molar-refractivity contribution is 5.80. The van der Waals surface area contributed by atoms with Gasteiger partial charge < -0.3 is 10.4 Å². The van der Waals surface area contributed by atoms with Crippen LogP contribution in [-0.4, -0.2) is 17.0 Å². The van der Waals surface area contributed by atoms with Crippen LogP contribution in [0.5, 0.6) is 0 Å². The molecule has 2 N–H and O–H groups in total. The number of carbonyl (C=O) groups is 2. The standard InChI is InChI=1S/C18H22FNO3/c19-16-14(8-5-11-3-1-2-4-15(11)16)10-20-17(21)12-6-7-13(9-12)18(22)23/h5,8,12-13H,1-4,6-7,9-10H2,(H,20,21)(H,22,23)/t12-,13+/m0/s1. The average molecular weight is 319 g/mol. The van der Waals surface area contributed by atoms with E-state index in [4.69, 9.17) is 5.11 Å². The van der Waals surface area contributed by atoms with Crippen LogP contribution in [0.15, 0.2) is 12.1 Å². The highest BCUT2D eigenvalue weighted by atomic mass is 19.1. The van der Waals surface area contributed by atoms with Crippen molar-refractivity contribution in [3.63, 3.8) is 0 Å². The van der Waals surface area contributed by atoms with Gasteiger partial charge in [-0.1, -0.05) is 12.1 Å². The lowest BCUT2D eigenvalue weighted by Crippen LogP contribution is -2.30. The molecule has 0 aliphatic heterocycles. The Kier molecular flexibility index (Phi) is 4.64. The largest absolute Gasteiger partial charge is 0.481 e. The lowest BCUT2D eigenvalue weighted by atomic mass is 9.89. The molecule has 0 bridgehead atoms. The third-order valence-corrected chi connectivity index (χ3v) is 5.15. The second kappa shape index (κ2) is 6.69. The van der Waals surface area contributed by atoms with Gasteiger partial charge in [0.1, 0.15) is 5.82 Å². The fourth-order valence-electron chi connectivity index (χ4n) is 3.74. The van der Waals surface area contributed by atoms with E-state index in [9.17, 15) is 14.0 Å². The van der Waals surface area contributed by atoms with Crippen LogP contribution in [0.3, 0.4) is 0 Å². The number of carboxylic acid groups (broad SMARTS) is 1. The summed E-state index contributed by atoms with van der Waals surface area (Å²) in [6.45, 7) is 0.173. The molecule has 4 nitrogen and oxygen atoms in total. The third-order valence-electron chi connectivity index (χ3n) is 5.15. The minimum absolute atomic E-state index is 0.161. The Bertz CT molecular complexity index is 629. The molecule has 0 heterocycles. The number of aryl methyl sites for hydroxylation is 1. The molecule has 0 saturated heterocycles. The molecule has 2 atom stereocenters. The van der Waals surface area contributed by atoms with E-state index in [-0.39, 0.29) is 24.2 Å². The van der Waals surface area contributed by atoms with Crippen LogP contribution in [-0.2, 0) is 29.0 Å². The molecule has 0 spiro atoms. The van der Waals surface area contributed by atoms with Crippen molar-refractivity contribution in [3.8, 4) is 0 Å². The van der Waals surface area contributed by atoms with Gasteiger partial charge in [0.05, 0.1) is 5.92 Å². The van der Waals surface area contributed by atoms with Crippen molar-refractivity contribution >= 4 is 11.9 Å². The minimum atomic E-state index is -0.832. The van der Waals surface area contributed by atoms with Gasteiger partial charge in [-0.05, 0) is 56.1 Å². The molecule has 1 aromatic rings. The predicted molar refractivity (Wildman–Crippen MR) is 83.4 cm³/mol. The van der Waals surface area contributed by atoms with E-state index in [1.54, 1.807) is 6.07 Å². The van der Waals surface area contributed by atoms with Crippen LogP contribution in [0.25, 0.3) is 0 Å². The number of nitrogens with one attached hydrogen (secondary N) is 1. The number of halogens is 1. The van der Waals surface area contributed by atoms with E-state index < -0.39 is 11.9 Å². The Morgan fingerprint density at radius 1 is 1.17 bits per heavy atom. The van der Waals surface area contributed by atoms with Crippen LogP contribution in [0.1, 0.15) is 48.8 Å². The van der Waals surface area contributed by atoms with Gasteiger partial charge in [-0.25, -0.2) is 4.39 Å². The molecule has 5 heteroatoms. The number of rotatable bonds is 4. The van der Waals surface area contributed by atoms with Crippen LogP contribution in [0.4, 0.5) is 4.39 Å². The Labute approximate surface area is 135 Å². The normalized spacial score (nSPS) is 23.3. The molecule has 1 amide bonds. The third kappa shape index (κ3) is 3.38. The molecule has 1 aromatic carbocycles. The fourth-order valence-corrected chi connectivity index (χ4v) is 3.74. The molecule has 3 rings (SSSR count). The molecular weight excluding hydrogens is 297 g/mol. The first kappa shape index (κ1) is 16.0. The van der Waals surface area contributed by atoms with Gasteiger partial charge in [0.15, 0.2) is 0 Å². The number of carboxylic acids is 1. The van der Waals surface area contributed by atoms with Crippen molar-refractivity contribution < 1.29 is 19.1 Å². The van der Waals surface area contributed by atoms with Gasteiger partial charge in [-0.2, -0.15) is 0 Å². The smallest absolute Gasteiger partial charge is 0.306 e.